The third-order valence-corrected chi connectivity index (χ3v) is 4.23. The van der Waals surface area contributed by atoms with E-state index in [9.17, 15) is 5.26 Å². The fourth-order valence-corrected chi connectivity index (χ4v) is 3.19. The van der Waals surface area contributed by atoms with Crippen LogP contribution in [0.3, 0.4) is 0 Å². The van der Waals surface area contributed by atoms with Crippen molar-refractivity contribution in [1.82, 2.24) is 5.32 Å². The Morgan fingerprint density at radius 1 is 1.37 bits per heavy atom. The number of hydrogen-bond donors (Lipinski definition) is 1. The van der Waals surface area contributed by atoms with Crippen LogP contribution in [0.15, 0.2) is 0 Å². The summed E-state index contributed by atoms with van der Waals surface area (Å²) in [6.07, 6.45) is 7.91. The third-order valence-electron chi connectivity index (χ3n) is 4.23. The summed E-state index contributed by atoms with van der Waals surface area (Å²) >= 11 is 0. The summed E-state index contributed by atoms with van der Waals surface area (Å²) in [5, 5.41) is 12.8. The molecule has 0 spiro atoms. The van der Waals surface area contributed by atoms with Crippen molar-refractivity contribution < 1.29 is 9.47 Å². The van der Waals surface area contributed by atoms with Crippen molar-refractivity contribution in [3.63, 3.8) is 0 Å². The van der Waals surface area contributed by atoms with Crippen molar-refractivity contribution in [3.05, 3.63) is 0 Å². The highest BCUT2D eigenvalue weighted by molar-refractivity contribution is 5.10. The van der Waals surface area contributed by atoms with Crippen LogP contribution in [0.4, 0.5) is 0 Å². The van der Waals surface area contributed by atoms with Crippen molar-refractivity contribution >= 4 is 0 Å². The molecule has 1 aliphatic heterocycles. The van der Waals surface area contributed by atoms with E-state index in [-0.39, 0.29) is 17.7 Å². The lowest BCUT2D eigenvalue weighted by Gasteiger charge is -2.37. The number of hydrogen-bond acceptors (Lipinski definition) is 4. The first-order chi connectivity index (χ1) is 9.28. The zero-order chi connectivity index (χ0) is 13.6. The van der Waals surface area contributed by atoms with Gasteiger partial charge in [-0.3, -0.25) is 5.32 Å². The Kier molecular flexibility index (Phi) is 5.62. The van der Waals surface area contributed by atoms with Gasteiger partial charge in [0.2, 0.25) is 0 Å². The summed E-state index contributed by atoms with van der Waals surface area (Å²) < 4.78 is 11.7. The molecule has 19 heavy (non-hydrogen) atoms. The summed E-state index contributed by atoms with van der Waals surface area (Å²) in [6.45, 7) is 4.46. The Hall–Kier alpha value is -0.630. The Morgan fingerprint density at radius 3 is 2.95 bits per heavy atom. The predicted molar refractivity (Wildman–Crippen MR) is 73.8 cm³/mol. The number of ether oxygens (including phenoxy) is 2. The second kappa shape index (κ2) is 7.23. The van der Waals surface area contributed by atoms with Crippen LogP contribution in [0.25, 0.3) is 0 Å². The largest absolute Gasteiger partial charge is 0.376 e. The molecule has 1 aliphatic carbocycles. The number of nitriles is 1. The van der Waals surface area contributed by atoms with Crippen molar-refractivity contribution in [2.45, 2.75) is 69.6 Å². The van der Waals surface area contributed by atoms with Crippen LogP contribution in [0.1, 0.15) is 51.9 Å². The lowest BCUT2D eigenvalue weighted by atomic mass is 9.81. The van der Waals surface area contributed by atoms with Gasteiger partial charge in [0.05, 0.1) is 24.9 Å². The first-order valence-electron chi connectivity index (χ1n) is 7.67. The Bertz CT molecular complexity index is 306. The molecule has 1 saturated carbocycles. The average molecular weight is 266 g/mol. The van der Waals surface area contributed by atoms with Gasteiger partial charge >= 0.3 is 0 Å². The zero-order valence-corrected chi connectivity index (χ0v) is 12.0. The Morgan fingerprint density at radius 2 is 2.26 bits per heavy atom. The summed E-state index contributed by atoms with van der Waals surface area (Å²) in [6, 6.07) is 2.46. The van der Waals surface area contributed by atoms with Crippen LogP contribution < -0.4 is 5.32 Å². The minimum Gasteiger partial charge on any atom is -0.376 e. The molecular weight excluding hydrogens is 240 g/mol. The van der Waals surface area contributed by atoms with E-state index in [1.54, 1.807) is 0 Å². The molecule has 108 valence electrons. The van der Waals surface area contributed by atoms with Crippen molar-refractivity contribution in [2.75, 3.05) is 19.8 Å². The molecule has 0 aromatic heterocycles. The first kappa shape index (κ1) is 14.8. The van der Waals surface area contributed by atoms with Crippen LogP contribution >= 0.6 is 0 Å². The van der Waals surface area contributed by atoms with E-state index in [1.807, 2.05) is 0 Å². The standard InChI is InChI=1S/C15H26N2O2/c1-2-17-15(12-16)8-5-7-13(10-15)19-11-14-6-3-4-9-18-14/h13-14,17H,2-11H2,1H3. The van der Waals surface area contributed by atoms with Crippen molar-refractivity contribution in [2.24, 2.45) is 0 Å². The van der Waals surface area contributed by atoms with Gasteiger partial charge in [-0.05, 0) is 45.1 Å². The maximum absolute atomic E-state index is 9.41. The number of nitrogens with one attached hydrogen (secondary N) is 1. The van der Waals surface area contributed by atoms with Gasteiger partial charge in [0.1, 0.15) is 5.54 Å². The van der Waals surface area contributed by atoms with Gasteiger partial charge in [-0.25, -0.2) is 0 Å². The molecule has 3 unspecified atom stereocenters. The maximum atomic E-state index is 9.41. The first-order valence-corrected chi connectivity index (χ1v) is 7.67. The molecule has 4 nitrogen and oxygen atoms in total. The van der Waals surface area contributed by atoms with E-state index in [0.717, 1.165) is 45.3 Å². The molecule has 1 heterocycles. The maximum Gasteiger partial charge on any atom is 0.109 e. The lowest BCUT2D eigenvalue weighted by Crippen LogP contribution is -2.49. The predicted octanol–water partition coefficient (Wildman–Crippen LogP) is 2.39. The SMILES string of the molecule is CCNC1(C#N)CCCC(OCC2CCCCO2)C1. The molecule has 0 bridgehead atoms. The van der Waals surface area contributed by atoms with E-state index in [4.69, 9.17) is 9.47 Å². The van der Waals surface area contributed by atoms with Crippen molar-refractivity contribution in [1.29, 1.82) is 5.26 Å². The smallest absolute Gasteiger partial charge is 0.109 e. The normalized spacial score (nSPS) is 35.8. The zero-order valence-electron chi connectivity index (χ0n) is 12.0. The van der Waals surface area contributed by atoms with Crippen molar-refractivity contribution in [3.8, 4) is 6.07 Å². The van der Waals surface area contributed by atoms with Crippen LogP contribution in [-0.4, -0.2) is 37.5 Å². The fourth-order valence-electron chi connectivity index (χ4n) is 3.19. The second-order valence-corrected chi connectivity index (χ2v) is 5.76. The molecule has 0 aromatic rings. The van der Waals surface area contributed by atoms with Gasteiger partial charge in [-0.15, -0.1) is 0 Å². The highest BCUT2D eigenvalue weighted by Gasteiger charge is 2.36. The molecule has 2 fully saturated rings. The Balaban J connectivity index is 1.78. The minimum absolute atomic E-state index is 0.206. The number of nitrogens with zero attached hydrogens (tertiary/aromatic N) is 1. The molecule has 0 aromatic carbocycles. The van der Waals surface area contributed by atoms with Gasteiger partial charge in [0, 0.05) is 13.0 Å². The fraction of sp³-hybridized carbons (Fsp3) is 0.933. The molecule has 0 radical (unpaired) electrons. The van der Waals surface area contributed by atoms with Gasteiger partial charge in [-0.1, -0.05) is 6.92 Å². The minimum atomic E-state index is -0.370. The van der Waals surface area contributed by atoms with E-state index in [2.05, 4.69) is 18.3 Å². The van der Waals surface area contributed by atoms with Gasteiger partial charge < -0.3 is 9.47 Å². The van der Waals surface area contributed by atoms with Crippen LogP contribution in [0.2, 0.25) is 0 Å². The Labute approximate surface area is 116 Å². The van der Waals surface area contributed by atoms with Gasteiger partial charge in [0.25, 0.3) is 0 Å². The van der Waals surface area contributed by atoms with Gasteiger partial charge in [0.15, 0.2) is 0 Å². The summed E-state index contributed by atoms with van der Waals surface area (Å²) in [5.41, 5.74) is -0.370. The summed E-state index contributed by atoms with van der Waals surface area (Å²) in [5.74, 6) is 0. The third kappa shape index (κ3) is 4.17. The van der Waals surface area contributed by atoms with Gasteiger partial charge in [-0.2, -0.15) is 5.26 Å². The van der Waals surface area contributed by atoms with E-state index < -0.39 is 0 Å². The highest BCUT2D eigenvalue weighted by Crippen LogP contribution is 2.30. The van der Waals surface area contributed by atoms with E-state index >= 15 is 0 Å². The molecule has 4 heteroatoms. The monoisotopic (exact) mass is 266 g/mol. The molecule has 0 amide bonds. The van der Waals surface area contributed by atoms with Crippen LogP contribution in [0.5, 0.6) is 0 Å². The molecule has 1 saturated heterocycles. The number of rotatable bonds is 5. The van der Waals surface area contributed by atoms with E-state index in [0.29, 0.717) is 6.61 Å². The second-order valence-electron chi connectivity index (χ2n) is 5.76. The highest BCUT2D eigenvalue weighted by atomic mass is 16.5. The molecule has 1 N–H and O–H groups in total. The molecule has 2 rings (SSSR count). The molecule has 2 aliphatic rings. The van der Waals surface area contributed by atoms with Crippen LogP contribution in [0, 0.1) is 11.3 Å². The summed E-state index contributed by atoms with van der Waals surface area (Å²) in [7, 11) is 0. The van der Waals surface area contributed by atoms with Crippen LogP contribution in [-0.2, 0) is 9.47 Å². The van der Waals surface area contributed by atoms with E-state index in [1.165, 1.54) is 12.8 Å². The lowest BCUT2D eigenvalue weighted by molar-refractivity contribution is -0.0753. The molecule has 3 atom stereocenters. The topological polar surface area (TPSA) is 54.3 Å². The quantitative estimate of drug-likeness (QED) is 0.830. The average Bonchev–Trinajstić information content (AvgIpc) is 2.47. The molecular formula is C15H26N2O2. The summed E-state index contributed by atoms with van der Waals surface area (Å²) in [4.78, 5) is 0.